The predicted octanol–water partition coefficient (Wildman–Crippen LogP) is 2.14. The molecule has 0 aromatic heterocycles. The lowest BCUT2D eigenvalue weighted by Crippen LogP contribution is -2.35. The Kier molecular flexibility index (Phi) is 3.21. The number of rotatable bonds is 1. The lowest BCUT2D eigenvalue weighted by molar-refractivity contribution is 0.619. The zero-order valence-electron chi connectivity index (χ0n) is 8.82. The van der Waals surface area contributed by atoms with E-state index in [1.807, 2.05) is 12.1 Å². The summed E-state index contributed by atoms with van der Waals surface area (Å²) in [5.74, 6) is -0.183. The molecule has 0 unspecified atom stereocenters. The monoisotopic (exact) mass is 208 g/mol. The highest BCUT2D eigenvalue weighted by molar-refractivity contribution is 5.46. The first-order valence-corrected chi connectivity index (χ1v) is 5.52. The van der Waals surface area contributed by atoms with E-state index in [1.54, 1.807) is 0 Å². The van der Waals surface area contributed by atoms with Gasteiger partial charge < -0.3 is 10.6 Å². The van der Waals surface area contributed by atoms with Gasteiger partial charge in [-0.1, -0.05) is 6.42 Å². The van der Waals surface area contributed by atoms with Crippen LogP contribution in [0.15, 0.2) is 24.3 Å². The number of benzene rings is 1. The van der Waals surface area contributed by atoms with Crippen molar-refractivity contribution in [1.82, 2.24) is 0 Å². The number of halogens is 1. The van der Waals surface area contributed by atoms with Crippen molar-refractivity contribution in [2.24, 2.45) is 5.73 Å². The van der Waals surface area contributed by atoms with Crippen LogP contribution in [0.25, 0.3) is 0 Å². The van der Waals surface area contributed by atoms with Crippen LogP contribution in [0.1, 0.15) is 19.3 Å². The lowest BCUT2D eigenvalue weighted by Gasteiger charge is -2.24. The molecule has 0 bridgehead atoms. The normalized spacial score (nSPS) is 22.5. The Morgan fingerprint density at radius 1 is 1.20 bits per heavy atom. The fourth-order valence-corrected chi connectivity index (χ4v) is 2.06. The molecule has 2 rings (SSSR count). The molecule has 0 spiro atoms. The number of nitrogens with two attached hydrogens (primary N) is 1. The summed E-state index contributed by atoms with van der Waals surface area (Å²) >= 11 is 0. The molecule has 1 saturated heterocycles. The Morgan fingerprint density at radius 2 is 1.93 bits per heavy atom. The molecule has 1 aromatic carbocycles. The van der Waals surface area contributed by atoms with Crippen LogP contribution in [-0.2, 0) is 0 Å². The molecule has 2 nitrogen and oxygen atoms in total. The zero-order valence-corrected chi connectivity index (χ0v) is 8.82. The van der Waals surface area contributed by atoms with Gasteiger partial charge in [-0.05, 0) is 37.1 Å². The van der Waals surface area contributed by atoms with E-state index in [4.69, 9.17) is 5.73 Å². The molecule has 82 valence electrons. The lowest BCUT2D eigenvalue weighted by atomic mass is 10.1. The van der Waals surface area contributed by atoms with Gasteiger partial charge in [-0.3, -0.25) is 0 Å². The largest absolute Gasteiger partial charge is 0.370 e. The molecule has 0 amide bonds. The van der Waals surface area contributed by atoms with Gasteiger partial charge >= 0.3 is 0 Å². The third-order valence-electron chi connectivity index (χ3n) is 2.90. The fourth-order valence-electron chi connectivity index (χ4n) is 2.06. The molecule has 0 radical (unpaired) electrons. The molecule has 15 heavy (non-hydrogen) atoms. The van der Waals surface area contributed by atoms with E-state index in [2.05, 4.69) is 4.90 Å². The van der Waals surface area contributed by atoms with Crippen LogP contribution in [0.3, 0.4) is 0 Å². The van der Waals surface area contributed by atoms with Crippen molar-refractivity contribution in [3.63, 3.8) is 0 Å². The molecule has 0 aliphatic carbocycles. The second kappa shape index (κ2) is 4.62. The van der Waals surface area contributed by atoms with Crippen LogP contribution < -0.4 is 10.6 Å². The van der Waals surface area contributed by atoms with Gasteiger partial charge in [0.1, 0.15) is 5.82 Å². The Labute approximate surface area is 89.9 Å². The summed E-state index contributed by atoms with van der Waals surface area (Å²) in [5.41, 5.74) is 7.05. The van der Waals surface area contributed by atoms with Crippen molar-refractivity contribution in [3.05, 3.63) is 30.1 Å². The first-order valence-electron chi connectivity index (χ1n) is 5.52. The highest BCUT2D eigenvalue weighted by Crippen LogP contribution is 2.19. The Balaban J connectivity index is 2.11. The van der Waals surface area contributed by atoms with Crippen molar-refractivity contribution >= 4 is 5.69 Å². The van der Waals surface area contributed by atoms with Gasteiger partial charge in [-0.2, -0.15) is 0 Å². The Morgan fingerprint density at radius 3 is 2.67 bits per heavy atom. The summed E-state index contributed by atoms with van der Waals surface area (Å²) in [6, 6.07) is 6.91. The summed E-state index contributed by atoms with van der Waals surface area (Å²) in [7, 11) is 0. The van der Waals surface area contributed by atoms with Crippen molar-refractivity contribution in [3.8, 4) is 0 Å². The van der Waals surface area contributed by atoms with E-state index in [0.29, 0.717) is 0 Å². The topological polar surface area (TPSA) is 29.3 Å². The number of hydrogen-bond acceptors (Lipinski definition) is 2. The van der Waals surface area contributed by atoms with Crippen LogP contribution in [0.2, 0.25) is 0 Å². The standard InChI is InChI=1S/C12H17FN2/c13-10-4-6-12(7-5-10)15-8-2-1-3-11(14)9-15/h4-7,11H,1-3,8-9,14H2/t11-/m0/s1. The maximum Gasteiger partial charge on any atom is 0.123 e. The molecule has 1 aliphatic heterocycles. The highest BCUT2D eigenvalue weighted by atomic mass is 19.1. The quantitative estimate of drug-likeness (QED) is 0.766. The Hall–Kier alpha value is -1.09. The molecular weight excluding hydrogens is 191 g/mol. The Bertz CT molecular complexity index is 310. The van der Waals surface area contributed by atoms with Crippen LogP contribution in [0, 0.1) is 5.82 Å². The number of hydrogen-bond donors (Lipinski definition) is 1. The van der Waals surface area contributed by atoms with E-state index in [-0.39, 0.29) is 11.9 Å². The minimum absolute atomic E-state index is 0.183. The average Bonchev–Trinajstić information content (AvgIpc) is 2.44. The molecular formula is C12H17FN2. The average molecular weight is 208 g/mol. The molecule has 2 N–H and O–H groups in total. The predicted molar refractivity (Wildman–Crippen MR) is 60.4 cm³/mol. The third-order valence-corrected chi connectivity index (χ3v) is 2.90. The van der Waals surface area contributed by atoms with E-state index >= 15 is 0 Å². The molecule has 1 atom stereocenters. The van der Waals surface area contributed by atoms with Crippen molar-refractivity contribution in [2.45, 2.75) is 25.3 Å². The second-order valence-corrected chi connectivity index (χ2v) is 4.18. The molecule has 1 heterocycles. The fraction of sp³-hybridized carbons (Fsp3) is 0.500. The van der Waals surface area contributed by atoms with Crippen LogP contribution >= 0.6 is 0 Å². The van der Waals surface area contributed by atoms with Gasteiger partial charge in [-0.25, -0.2) is 4.39 Å². The van der Waals surface area contributed by atoms with E-state index < -0.39 is 0 Å². The molecule has 1 aromatic rings. The summed E-state index contributed by atoms with van der Waals surface area (Å²) in [5, 5.41) is 0. The molecule has 3 heteroatoms. The highest BCUT2D eigenvalue weighted by Gasteiger charge is 2.14. The minimum Gasteiger partial charge on any atom is -0.370 e. The van der Waals surface area contributed by atoms with Crippen molar-refractivity contribution in [1.29, 1.82) is 0 Å². The van der Waals surface area contributed by atoms with Crippen LogP contribution in [-0.4, -0.2) is 19.1 Å². The number of anilines is 1. The van der Waals surface area contributed by atoms with Crippen LogP contribution in [0.4, 0.5) is 10.1 Å². The number of nitrogens with zero attached hydrogens (tertiary/aromatic N) is 1. The van der Waals surface area contributed by atoms with Gasteiger partial charge in [0.05, 0.1) is 0 Å². The van der Waals surface area contributed by atoms with E-state index in [0.717, 1.165) is 25.2 Å². The SMILES string of the molecule is N[C@H]1CCCCN(c2ccc(F)cc2)C1. The second-order valence-electron chi connectivity index (χ2n) is 4.18. The first-order chi connectivity index (χ1) is 7.25. The van der Waals surface area contributed by atoms with Crippen LogP contribution in [0.5, 0.6) is 0 Å². The van der Waals surface area contributed by atoms with Gasteiger partial charge in [0, 0.05) is 24.8 Å². The van der Waals surface area contributed by atoms with Gasteiger partial charge in [0.15, 0.2) is 0 Å². The molecule has 1 aliphatic rings. The summed E-state index contributed by atoms with van der Waals surface area (Å²) in [4.78, 5) is 2.25. The molecule has 0 saturated carbocycles. The maximum absolute atomic E-state index is 12.8. The van der Waals surface area contributed by atoms with Gasteiger partial charge in [-0.15, -0.1) is 0 Å². The van der Waals surface area contributed by atoms with Gasteiger partial charge in [0.2, 0.25) is 0 Å². The zero-order chi connectivity index (χ0) is 10.7. The smallest absolute Gasteiger partial charge is 0.123 e. The maximum atomic E-state index is 12.8. The summed E-state index contributed by atoms with van der Waals surface area (Å²) in [6.45, 7) is 1.91. The molecule has 1 fully saturated rings. The third kappa shape index (κ3) is 2.69. The summed E-state index contributed by atoms with van der Waals surface area (Å²) < 4.78 is 12.8. The summed E-state index contributed by atoms with van der Waals surface area (Å²) in [6.07, 6.45) is 3.46. The van der Waals surface area contributed by atoms with E-state index in [1.165, 1.54) is 25.0 Å². The first kappa shape index (κ1) is 10.4. The van der Waals surface area contributed by atoms with Gasteiger partial charge in [0.25, 0.3) is 0 Å². The van der Waals surface area contributed by atoms with E-state index in [9.17, 15) is 4.39 Å². The van der Waals surface area contributed by atoms with Crippen molar-refractivity contribution < 1.29 is 4.39 Å². The van der Waals surface area contributed by atoms with Crippen molar-refractivity contribution in [2.75, 3.05) is 18.0 Å². The minimum atomic E-state index is -0.183.